The maximum absolute atomic E-state index is 12.1. The molecule has 0 aromatic heterocycles. The van der Waals surface area contributed by atoms with E-state index in [1.165, 1.54) is 11.1 Å². The average Bonchev–Trinajstić information content (AvgIpc) is 2.42. The van der Waals surface area contributed by atoms with Crippen LogP contribution in [0.2, 0.25) is 0 Å². The van der Waals surface area contributed by atoms with Crippen molar-refractivity contribution in [2.45, 2.75) is 39.5 Å². The van der Waals surface area contributed by atoms with Crippen molar-refractivity contribution < 1.29 is 9.90 Å². The molecule has 0 heterocycles. The van der Waals surface area contributed by atoms with Crippen LogP contribution in [0.15, 0.2) is 24.3 Å². The van der Waals surface area contributed by atoms with E-state index in [9.17, 15) is 4.79 Å². The van der Waals surface area contributed by atoms with Crippen LogP contribution in [0, 0.1) is 6.92 Å². The molecule has 0 unspecified atom stereocenters. The van der Waals surface area contributed by atoms with Gasteiger partial charge in [0.25, 0.3) is 0 Å². The van der Waals surface area contributed by atoms with E-state index in [1.54, 1.807) is 4.90 Å². The third-order valence-electron chi connectivity index (χ3n) is 3.37. The number of aliphatic hydroxyl groups excluding tert-OH is 1. The molecule has 1 N–H and O–H groups in total. The molecule has 3 heteroatoms. The van der Waals surface area contributed by atoms with Gasteiger partial charge in [-0.3, -0.25) is 4.79 Å². The summed E-state index contributed by atoms with van der Waals surface area (Å²) in [6, 6.07) is 8.17. The zero-order chi connectivity index (χ0) is 14.1. The quantitative estimate of drug-likeness (QED) is 0.783. The molecule has 0 atom stereocenters. The van der Waals surface area contributed by atoms with E-state index >= 15 is 0 Å². The molecule has 0 spiro atoms. The van der Waals surface area contributed by atoms with Crippen molar-refractivity contribution in [1.82, 2.24) is 4.90 Å². The number of rotatable bonds is 8. The molecule has 1 aromatic rings. The highest BCUT2D eigenvalue weighted by Crippen LogP contribution is 2.10. The van der Waals surface area contributed by atoms with Gasteiger partial charge in [0.1, 0.15) is 0 Å². The summed E-state index contributed by atoms with van der Waals surface area (Å²) in [6.07, 6.45) is 3.36. The lowest BCUT2D eigenvalue weighted by Crippen LogP contribution is -2.34. The normalized spacial score (nSPS) is 10.5. The minimum absolute atomic E-state index is 0.0415. The molecule has 0 fully saturated rings. The molecule has 3 nitrogen and oxygen atoms in total. The number of amides is 1. The summed E-state index contributed by atoms with van der Waals surface area (Å²) in [4.78, 5) is 13.9. The van der Waals surface area contributed by atoms with Gasteiger partial charge >= 0.3 is 0 Å². The Morgan fingerprint density at radius 2 is 2.00 bits per heavy atom. The second-order valence-corrected chi connectivity index (χ2v) is 4.88. The lowest BCUT2D eigenvalue weighted by atomic mass is 10.0. The van der Waals surface area contributed by atoms with E-state index in [0.717, 1.165) is 25.8 Å². The van der Waals surface area contributed by atoms with E-state index in [1.807, 2.05) is 12.1 Å². The van der Waals surface area contributed by atoms with E-state index < -0.39 is 0 Å². The Morgan fingerprint density at radius 1 is 1.26 bits per heavy atom. The monoisotopic (exact) mass is 263 g/mol. The Bertz CT molecular complexity index is 390. The van der Waals surface area contributed by atoms with Crippen LogP contribution in [0.4, 0.5) is 0 Å². The topological polar surface area (TPSA) is 40.5 Å². The summed E-state index contributed by atoms with van der Waals surface area (Å²) in [5, 5.41) is 9.02. The van der Waals surface area contributed by atoms with Crippen molar-refractivity contribution in [1.29, 1.82) is 0 Å². The Labute approximate surface area is 116 Å². The average molecular weight is 263 g/mol. The number of aliphatic hydroxyl groups is 1. The lowest BCUT2D eigenvalue weighted by molar-refractivity contribution is -0.131. The second-order valence-electron chi connectivity index (χ2n) is 4.88. The molecule has 0 radical (unpaired) electrons. The Morgan fingerprint density at radius 3 is 2.63 bits per heavy atom. The van der Waals surface area contributed by atoms with Crippen molar-refractivity contribution in [3.63, 3.8) is 0 Å². The third-order valence-corrected chi connectivity index (χ3v) is 3.37. The molecule has 1 aromatic carbocycles. The van der Waals surface area contributed by atoms with Gasteiger partial charge in [0.05, 0.1) is 6.61 Å². The number of nitrogens with zero attached hydrogens (tertiary/aromatic N) is 1. The molecular formula is C16H25NO2. The largest absolute Gasteiger partial charge is 0.395 e. The third kappa shape index (κ3) is 5.43. The van der Waals surface area contributed by atoms with Crippen LogP contribution in [0.1, 0.15) is 37.3 Å². The van der Waals surface area contributed by atoms with Crippen LogP contribution < -0.4 is 0 Å². The second kappa shape index (κ2) is 8.70. The first kappa shape index (κ1) is 15.7. The summed E-state index contributed by atoms with van der Waals surface area (Å²) in [6.45, 7) is 5.42. The number of carbonyl (C=O) groups is 1. The van der Waals surface area contributed by atoms with Crippen LogP contribution in [0.3, 0.4) is 0 Å². The fourth-order valence-corrected chi connectivity index (χ4v) is 2.12. The maximum Gasteiger partial charge on any atom is 0.222 e. The molecule has 0 saturated carbocycles. The molecule has 0 bridgehead atoms. The highest BCUT2D eigenvalue weighted by molar-refractivity contribution is 5.76. The number of hydrogen-bond acceptors (Lipinski definition) is 2. The SMILES string of the molecule is CCCCN(CCO)C(=O)CCc1ccccc1C. The zero-order valence-corrected chi connectivity index (χ0v) is 12.1. The highest BCUT2D eigenvalue weighted by Gasteiger charge is 2.12. The highest BCUT2D eigenvalue weighted by atomic mass is 16.3. The van der Waals surface area contributed by atoms with E-state index in [4.69, 9.17) is 5.11 Å². The first-order chi connectivity index (χ1) is 9.19. The standard InChI is InChI=1S/C16H25NO2/c1-3-4-11-17(12-13-18)16(19)10-9-15-8-6-5-7-14(15)2/h5-8,18H,3-4,9-13H2,1-2H3. The predicted molar refractivity (Wildman–Crippen MR) is 78.1 cm³/mol. The molecule has 1 rings (SSSR count). The fourth-order valence-electron chi connectivity index (χ4n) is 2.12. The van der Waals surface area contributed by atoms with Crippen LogP contribution in [-0.4, -0.2) is 35.6 Å². The molecule has 0 aliphatic rings. The zero-order valence-electron chi connectivity index (χ0n) is 12.1. The summed E-state index contributed by atoms with van der Waals surface area (Å²) in [5.74, 6) is 0.144. The number of hydrogen-bond donors (Lipinski definition) is 1. The van der Waals surface area contributed by atoms with Crippen molar-refractivity contribution >= 4 is 5.91 Å². The fraction of sp³-hybridized carbons (Fsp3) is 0.562. The van der Waals surface area contributed by atoms with Gasteiger partial charge in [-0.15, -0.1) is 0 Å². The van der Waals surface area contributed by atoms with Gasteiger partial charge in [-0.1, -0.05) is 37.6 Å². The minimum Gasteiger partial charge on any atom is -0.395 e. The van der Waals surface area contributed by atoms with Crippen LogP contribution >= 0.6 is 0 Å². The van der Waals surface area contributed by atoms with Crippen molar-refractivity contribution in [3.8, 4) is 0 Å². The number of carbonyl (C=O) groups excluding carboxylic acids is 1. The van der Waals surface area contributed by atoms with E-state index in [0.29, 0.717) is 13.0 Å². The van der Waals surface area contributed by atoms with Gasteiger partial charge < -0.3 is 10.0 Å². The lowest BCUT2D eigenvalue weighted by Gasteiger charge is -2.21. The van der Waals surface area contributed by atoms with Gasteiger partial charge in [-0.2, -0.15) is 0 Å². The molecular weight excluding hydrogens is 238 g/mol. The predicted octanol–water partition coefficient (Wildman–Crippen LogP) is 2.55. The van der Waals surface area contributed by atoms with E-state index in [2.05, 4.69) is 26.0 Å². The minimum atomic E-state index is 0.0415. The van der Waals surface area contributed by atoms with Crippen molar-refractivity contribution in [3.05, 3.63) is 35.4 Å². The molecule has 0 aliphatic heterocycles. The van der Waals surface area contributed by atoms with E-state index in [-0.39, 0.29) is 12.5 Å². The van der Waals surface area contributed by atoms with Crippen molar-refractivity contribution in [2.24, 2.45) is 0 Å². The van der Waals surface area contributed by atoms with Gasteiger partial charge in [-0.05, 0) is 30.9 Å². The Hall–Kier alpha value is -1.35. The number of benzene rings is 1. The summed E-state index contributed by atoms with van der Waals surface area (Å²) in [5.41, 5.74) is 2.47. The molecule has 0 aliphatic carbocycles. The van der Waals surface area contributed by atoms with Crippen LogP contribution in [0.5, 0.6) is 0 Å². The van der Waals surface area contributed by atoms with Gasteiger partial charge in [0.15, 0.2) is 0 Å². The van der Waals surface area contributed by atoms with Crippen LogP contribution in [-0.2, 0) is 11.2 Å². The molecule has 0 saturated heterocycles. The first-order valence-electron chi connectivity index (χ1n) is 7.12. The number of unbranched alkanes of at least 4 members (excludes halogenated alkanes) is 1. The first-order valence-corrected chi connectivity index (χ1v) is 7.12. The maximum atomic E-state index is 12.1. The number of aryl methyl sites for hydroxylation is 2. The molecule has 19 heavy (non-hydrogen) atoms. The van der Waals surface area contributed by atoms with Gasteiger partial charge in [0.2, 0.25) is 5.91 Å². The van der Waals surface area contributed by atoms with Gasteiger partial charge in [-0.25, -0.2) is 0 Å². The van der Waals surface area contributed by atoms with Crippen molar-refractivity contribution in [2.75, 3.05) is 19.7 Å². The summed E-state index contributed by atoms with van der Waals surface area (Å²) in [7, 11) is 0. The van der Waals surface area contributed by atoms with Gasteiger partial charge in [0, 0.05) is 19.5 Å². The summed E-state index contributed by atoms with van der Waals surface area (Å²) < 4.78 is 0. The smallest absolute Gasteiger partial charge is 0.222 e. The van der Waals surface area contributed by atoms with Crippen LogP contribution in [0.25, 0.3) is 0 Å². The molecule has 1 amide bonds. The summed E-state index contributed by atoms with van der Waals surface area (Å²) >= 11 is 0. The Kier molecular flexibility index (Phi) is 7.19. The molecule has 106 valence electrons. The Balaban J connectivity index is 2.50.